The minimum absolute atomic E-state index is 0.164. The molecule has 3 heterocycles. The van der Waals surface area contributed by atoms with E-state index in [1.54, 1.807) is 18.4 Å². The summed E-state index contributed by atoms with van der Waals surface area (Å²) in [6.45, 7) is 1.32. The molecular weight excluding hydrogens is 392 g/mol. The SMILES string of the molecule is COc1ccc(-c2n[nH]c(=S)n2CCC(=O)N2CCCC2c2ccsc2)cc1. The lowest BCUT2D eigenvalue weighted by molar-refractivity contribution is -0.132. The third-order valence-electron chi connectivity index (χ3n) is 5.16. The van der Waals surface area contributed by atoms with Crippen LogP contribution in [0.15, 0.2) is 41.1 Å². The van der Waals surface area contributed by atoms with E-state index in [1.807, 2.05) is 33.7 Å². The van der Waals surface area contributed by atoms with Crippen LogP contribution in [0.1, 0.15) is 30.9 Å². The maximum absolute atomic E-state index is 12.9. The lowest BCUT2D eigenvalue weighted by atomic mass is 10.1. The van der Waals surface area contributed by atoms with Gasteiger partial charge in [0, 0.05) is 25.1 Å². The van der Waals surface area contributed by atoms with Gasteiger partial charge in [0.15, 0.2) is 10.6 Å². The second-order valence-corrected chi connectivity index (χ2v) is 7.95. The minimum atomic E-state index is 0.164. The fourth-order valence-electron chi connectivity index (χ4n) is 3.71. The van der Waals surface area contributed by atoms with Crippen molar-refractivity contribution in [3.63, 3.8) is 0 Å². The summed E-state index contributed by atoms with van der Waals surface area (Å²) in [5.41, 5.74) is 2.17. The van der Waals surface area contributed by atoms with E-state index in [2.05, 4.69) is 27.0 Å². The monoisotopic (exact) mass is 414 g/mol. The summed E-state index contributed by atoms with van der Waals surface area (Å²) < 4.78 is 7.63. The molecule has 3 aromatic rings. The number of nitrogens with zero attached hydrogens (tertiary/aromatic N) is 3. The van der Waals surface area contributed by atoms with Crippen LogP contribution in [0.2, 0.25) is 0 Å². The van der Waals surface area contributed by atoms with Crippen LogP contribution < -0.4 is 4.74 Å². The van der Waals surface area contributed by atoms with Gasteiger partial charge in [-0.1, -0.05) is 0 Å². The fraction of sp³-hybridized carbons (Fsp3) is 0.350. The average molecular weight is 415 g/mol. The zero-order valence-corrected chi connectivity index (χ0v) is 17.3. The maximum Gasteiger partial charge on any atom is 0.224 e. The van der Waals surface area contributed by atoms with E-state index >= 15 is 0 Å². The number of H-pyrrole nitrogens is 1. The first-order valence-electron chi connectivity index (χ1n) is 9.28. The first kappa shape index (κ1) is 18.9. The van der Waals surface area contributed by atoms with Crippen molar-refractivity contribution < 1.29 is 9.53 Å². The number of carbonyl (C=O) groups excluding carboxylic acids is 1. The van der Waals surface area contributed by atoms with E-state index in [1.165, 1.54) is 5.56 Å². The molecule has 0 spiro atoms. The van der Waals surface area contributed by atoms with Gasteiger partial charge in [0.05, 0.1) is 13.2 Å². The maximum atomic E-state index is 12.9. The molecule has 1 aliphatic rings. The number of hydrogen-bond acceptors (Lipinski definition) is 5. The van der Waals surface area contributed by atoms with Crippen molar-refractivity contribution >= 4 is 29.5 Å². The molecule has 28 heavy (non-hydrogen) atoms. The van der Waals surface area contributed by atoms with Gasteiger partial charge in [-0.25, -0.2) is 0 Å². The van der Waals surface area contributed by atoms with Crippen LogP contribution in [-0.2, 0) is 11.3 Å². The molecule has 1 saturated heterocycles. The Morgan fingerprint density at radius 3 is 2.89 bits per heavy atom. The van der Waals surface area contributed by atoms with Crippen LogP contribution >= 0.6 is 23.6 Å². The number of amides is 1. The van der Waals surface area contributed by atoms with E-state index in [0.29, 0.717) is 17.7 Å². The molecule has 1 amide bonds. The molecule has 2 aromatic heterocycles. The second-order valence-electron chi connectivity index (χ2n) is 6.78. The highest BCUT2D eigenvalue weighted by Gasteiger charge is 2.29. The number of nitrogens with one attached hydrogen (secondary N) is 1. The van der Waals surface area contributed by atoms with E-state index in [0.717, 1.165) is 36.5 Å². The Hall–Kier alpha value is -2.45. The number of aromatic amines is 1. The van der Waals surface area contributed by atoms with Crippen LogP contribution in [0.5, 0.6) is 5.75 Å². The van der Waals surface area contributed by atoms with E-state index in [-0.39, 0.29) is 11.9 Å². The minimum Gasteiger partial charge on any atom is -0.497 e. The molecule has 1 atom stereocenters. The van der Waals surface area contributed by atoms with Crippen LogP contribution in [0.25, 0.3) is 11.4 Å². The van der Waals surface area contributed by atoms with E-state index in [9.17, 15) is 4.79 Å². The van der Waals surface area contributed by atoms with Crippen LogP contribution in [0.3, 0.4) is 0 Å². The Bertz CT molecular complexity index is 992. The fourth-order valence-corrected chi connectivity index (χ4v) is 4.64. The summed E-state index contributed by atoms with van der Waals surface area (Å²) in [5, 5.41) is 11.4. The highest BCUT2D eigenvalue weighted by molar-refractivity contribution is 7.71. The number of hydrogen-bond donors (Lipinski definition) is 1. The van der Waals surface area contributed by atoms with Gasteiger partial charge in [-0.15, -0.1) is 0 Å². The van der Waals surface area contributed by atoms with Crippen molar-refractivity contribution in [3.05, 3.63) is 51.4 Å². The quantitative estimate of drug-likeness (QED) is 0.606. The smallest absolute Gasteiger partial charge is 0.224 e. The molecule has 0 saturated carbocycles. The van der Waals surface area contributed by atoms with Crippen molar-refractivity contribution in [3.8, 4) is 17.1 Å². The summed E-state index contributed by atoms with van der Waals surface area (Å²) in [6, 6.07) is 9.98. The molecule has 1 N–H and O–H groups in total. The molecule has 1 unspecified atom stereocenters. The number of ether oxygens (including phenoxy) is 1. The van der Waals surface area contributed by atoms with Crippen LogP contribution in [0, 0.1) is 4.77 Å². The number of thiophene rings is 1. The Labute approximate surface area is 172 Å². The highest BCUT2D eigenvalue weighted by Crippen LogP contribution is 2.33. The number of methoxy groups -OCH3 is 1. The molecule has 0 bridgehead atoms. The van der Waals surface area contributed by atoms with Crippen LogP contribution in [-0.4, -0.2) is 39.2 Å². The number of aromatic nitrogens is 3. The zero-order chi connectivity index (χ0) is 19.5. The van der Waals surface area contributed by atoms with Gasteiger partial charge in [-0.3, -0.25) is 14.5 Å². The number of likely N-dealkylation sites (tertiary alicyclic amines) is 1. The van der Waals surface area contributed by atoms with Crippen molar-refractivity contribution in [2.75, 3.05) is 13.7 Å². The van der Waals surface area contributed by atoms with Crippen LogP contribution in [0.4, 0.5) is 0 Å². The predicted molar refractivity (Wildman–Crippen MR) is 112 cm³/mol. The molecule has 0 radical (unpaired) electrons. The average Bonchev–Trinajstić information content (AvgIpc) is 3.46. The van der Waals surface area contributed by atoms with Gasteiger partial charge in [0.2, 0.25) is 5.91 Å². The van der Waals surface area contributed by atoms with Gasteiger partial charge in [0.25, 0.3) is 0 Å². The normalized spacial score (nSPS) is 16.5. The largest absolute Gasteiger partial charge is 0.497 e. The Morgan fingerprint density at radius 2 is 2.18 bits per heavy atom. The van der Waals surface area contributed by atoms with Crippen molar-refractivity contribution in [2.24, 2.45) is 0 Å². The number of carbonyl (C=O) groups is 1. The first-order valence-corrected chi connectivity index (χ1v) is 10.6. The summed E-state index contributed by atoms with van der Waals surface area (Å²) in [5.74, 6) is 1.68. The topological polar surface area (TPSA) is 63.1 Å². The number of benzene rings is 1. The molecule has 1 aromatic carbocycles. The van der Waals surface area contributed by atoms with Crippen molar-refractivity contribution in [2.45, 2.75) is 31.8 Å². The third kappa shape index (κ3) is 3.74. The van der Waals surface area contributed by atoms with Gasteiger partial charge >= 0.3 is 0 Å². The summed E-state index contributed by atoms with van der Waals surface area (Å²) in [6.07, 6.45) is 2.48. The summed E-state index contributed by atoms with van der Waals surface area (Å²) in [4.78, 5) is 14.9. The lowest BCUT2D eigenvalue weighted by Gasteiger charge is -2.24. The molecule has 8 heteroatoms. The molecular formula is C20H22N4O2S2. The Kier molecular flexibility index (Phi) is 5.59. The van der Waals surface area contributed by atoms with Crippen molar-refractivity contribution in [1.82, 2.24) is 19.7 Å². The molecule has 1 fully saturated rings. The molecule has 6 nitrogen and oxygen atoms in total. The second kappa shape index (κ2) is 8.28. The Morgan fingerprint density at radius 1 is 1.36 bits per heavy atom. The third-order valence-corrected chi connectivity index (χ3v) is 6.17. The molecule has 1 aliphatic heterocycles. The lowest BCUT2D eigenvalue weighted by Crippen LogP contribution is -2.31. The van der Waals surface area contributed by atoms with Gasteiger partial charge < -0.3 is 9.64 Å². The Balaban J connectivity index is 1.48. The standard InChI is InChI=1S/C20H22N4O2S2/c1-26-16-6-4-14(5-7-16)19-21-22-20(27)24(19)11-8-18(25)23-10-2-3-17(23)15-9-12-28-13-15/h4-7,9,12-13,17H,2-3,8,10-11H2,1H3,(H,22,27). The zero-order valence-electron chi connectivity index (χ0n) is 15.6. The van der Waals surface area contributed by atoms with Gasteiger partial charge in [-0.2, -0.15) is 16.4 Å². The van der Waals surface area contributed by atoms with Crippen molar-refractivity contribution in [1.29, 1.82) is 0 Å². The summed E-state index contributed by atoms with van der Waals surface area (Å²) in [7, 11) is 1.64. The first-order chi connectivity index (χ1) is 13.7. The van der Waals surface area contributed by atoms with Gasteiger partial charge in [0.1, 0.15) is 5.75 Å². The molecule has 0 aliphatic carbocycles. The van der Waals surface area contributed by atoms with E-state index in [4.69, 9.17) is 17.0 Å². The van der Waals surface area contributed by atoms with E-state index < -0.39 is 0 Å². The highest BCUT2D eigenvalue weighted by atomic mass is 32.1. The molecule has 146 valence electrons. The summed E-state index contributed by atoms with van der Waals surface area (Å²) >= 11 is 7.07. The number of rotatable bonds is 6. The predicted octanol–water partition coefficient (Wildman–Crippen LogP) is 4.43. The molecule has 4 rings (SSSR count). The van der Waals surface area contributed by atoms with Gasteiger partial charge in [-0.05, 0) is 71.7 Å².